The molecule has 0 spiro atoms. The zero-order valence-electron chi connectivity index (χ0n) is 23.1. The van der Waals surface area contributed by atoms with Gasteiger partial charge in [-0.3, -0.25) is 14.4 Å². The first-order valence-corrected chi connectivity index (χ1v) is 14.9. The molecular formula is C31H40N2O7. The number of hydrogen-bond acceptors (Lipinski definition) is 7. The highest BCUT2D eigenvalue weighted by Crippen LogP contribution is 2.53. The molecule has 3 fully saturated rings. The molecule has 2 bridgehead atoms. The van der Waals surface area contributed by atoms with Crippen molar-refractivity contribution in [3.63, 3.8) is 0 Å². The zero-order valence-corrected chi connectivity index (χ0v) is 23.1. The molecule has 2 amide bonds. The number of benzene rings is 1. The van der Waals surface area contributed by atoms with Gasteiger partial charge in [-0.15, -0.1) is 0 Å². The van der Waals surface area contributed by atoms with Crippen molar-refractivity contribution >= 4 is 18.1 Å². The molecule has 5 aliphatic rings. The van der Waals surface area contributed by atoms with E-state index >= 15 is 0 Å². The van der Waals surface area contributed by atoms with Crippen LogP contribution < -0.4 is 14.8 Å². The number of carbonyl (C=O) groups excluding carboxylic acids is 3. The number of nitrogens with one attached hydrogen (secondary N) is 1. The van der Waals surface area contributed by atoms with Gasteiger partial charge in [-0.2, -0.15) is 0 Å². The van der Waals surface area contributed by atoms with Gasteiger partial charge in [-0.25, -0.2) is 0 Å². The van der Waals surface area contributed by atoms with E-state index in [2.05, 4.69) is 5.32 Å². The lowest BCUT2D eigenvalue weighted by molar-refractivity contribution is -0.141. The quantitative estimate of drug-likeness (QED) is 0.402. The molecule has 3 N–H and O–H groups in total. The lowest BCUT2D eigenvalue weighted by Gasteiger charge is -2.43. The minimum absolute atomic E-state index is 0.000254. The van der Waals surface area contributed by atoms with Gasteiger partial charge < -0.3 is 29.9 Å². The topological polar surface area (TPSA) is 125 Å². The molecule has 1 heterocycles. The molecule has 3 saturated carbocycles. The van der Waals surface area contributed by atoms with Crippen molar-refractivity contribution in [2.75, 3.05) is 20.3 Å². The van der Waals surface area contributed by atoms with E-state index in [0.717, 1.165) is 38.0 Å². The van der Waals surface area contributed by atoms with Crippen molar-refractivity contribution in [3.8, 4) is 11.5 Å². The Bertz CT molecular complexity index is 1190. The standard InChI is InChI=1S/C31H40N2O7/c1-39-25-13-18(16-35)12-22-27-23(31(38)32-8-9-34)15-24(28(37)30(27)40-29(22)25)33(21-4-2-3-5-21)26(36)14-20-11-17-6-7-19(20)10-17/h12-13,15-17,19-21,24,27-28,30,34,37H,2-11,14H2,1H3,(H,32,38). The Morgan fingerprint density at radius 2 is 1.98 bits per heavy atom. The summed E-state index contributed by atoms with van der Waals surface area (Å²) in [7, 11) is 1.48. The van der Waals surface area contributed by atoms with Crippen molar-refractivity contribution in [3.05, 3.63) is 34.9 Å². The van der Waals surface area contributed by atoms with Crippen LogP contribution >= 0.6 is 0 Å². The van der Waals surface area contributed by atoms with Crippen molar-refractivity contribution in [1.82, 2.24) is 10.2 Å². The van der Waals surface area contributed by atoms with Crippen LogP contribution in [0, 0.1) is 17.8 Å². The summed E-state index contributed by atoms with van der Waals surface area (Å²) in [6.45, 7) is -0.146. The Hall–Kier alpha value is -2.91. The monoisotopic (exact) mass is 552 g/mol. The minimum Gasteiger partial charge on any atom is -0.493 e. The van der Waals surface area contributed by atoms with E-state index in [1.807, 2.05) is 4.90 Å². The van der Waals surface area contributed by atoms with E-state index in [1.54, 1.807) is 18.2 Å². The maximum absolute atomic E-state index is 14.1. The molecular weight excluding hydrogens is 512 g/mol. The Morgan fingerprint density at radius 3 is 2.62 bits per heavy atom. The van der Waals surface area contributed by atoms with E-state index in [1.165, 1.54) is 26.4 Å². The van der Waals surface area contributed by atoms with Gasteiger partial charge in [-0.1, -0.05) is 19.3 Å². The second-order valence-electron chi connectivity index (χ2n) is 12.3. The van der Waals surface area contributed by atoms with Gasteiger partial charge in [0.15, 0.2) is 11.5 Å². The highest BCUT2D eigenvalue weighted by atomic mass is 16.5. The fourth-order valence-corrected chi connectivity index (χ4v) is 8.28. The third-order valence-electron chi connectivity index (χ3n) is 10.1. The predicted octanol–water partition coefficient (Wildman–Crippen LogP) is 2.73. The predicted molar refractivity (Wildman–Crippen MR) is 146 cm³/mol. The van der Waals surface area contributed by atoms with Crippen molar-refractivity contribution < 1.29 is 34.1 Å². The summed E-state index contributed by atoms with van der Waals surface area (Å²) in [6, 6.07) is 2.52. The first-order valence-electron chi connectivity index (χ1n) is 14.9. The summed E-state index contributed by atoms with van der Waals surface area (Å²) >= 11 is 0. The van der Waals surface area contributed by atoms with Gasteiger partial charge in [-0.05, 0) is 68.1 Å². The minimum atomic E-state index is -1.08. The highest BCUT2D eigenvalue weighted by molar-refractivity contribution is 5.96. The summed E-state index contributed by atoms with van der Waals surface area (Å²) in [5, 5.41) is 24.0. The number of rotatable bonds is 9. The smallest absolute Gasteiger partial charge is 0.247 e. The summed E-state index contributed by atoms with van der Waals surface area (Å²) in [6.07, 6.45) is 9.62. The van der Waals surface area contributed by atoms with Crippen LogP contribution in [-0.4, -0.2) is 77.8 Å². The number of nitrogens with zero attached hydrogens (tertiary/aromatic N) is 1. The SMILES string of the molecule is COc1cc(C=O)cc2c1OC1C2C(C(=O)NCCO)=CC(N(C(=O)CC2CC3CCC2C3)C2CCCC2)C1O. The summed E-state index contributed by atoms with van der Waals surface area (Å²) < 4.78 is 11.8. The number of amides is 2. The summed E-state index contributed by atoms with van der Waals surface area (Å²) in [5.41, 5.74) is 1.34. The molecule has 1 aliphatic heterocycles. The van der Waals surface area contributed by atoms with Crippen molar-refractivity contribution in [1.29, 1.82) is 0 Å². The third-order valence-corrected chi connectivity index (χ3v) is 10.1. The van der Waals surface area contributed by atoms with Crippen LogP contribution in [0.1, 0.15) is 79.6 Å². The van der Waals surface area contributed by atoms with Crippen LogP contribution in [0.25, 0.3) is 0 Å². The first-order chi connectivity index (χ1) is 19.4. The molecule has 216 valence electrons. The first kappa shape index (κ1) is 27.3. The lowest BCUT2D eigenvalue weighted by Crippen LogP contribution is -2.58. The molecule has 7 unspecified atom stereocenters. The van der Waals surface area contributed by atoms with E-state index in [0.29, 0.717) is 52.7 Å². The maximum atomic E-state index is 14.1. The number of methoxy groups -OCH3 is 1. The number of aliphatic hydroxyl groups excluding tert-OH is 2. The fourth-order valence-electron chi connectivity index (χ4n) is 8.28. The molecule has 9 heteroatoms. The normalized spacial score (nSPS) is 32.2. The molecule has 0 saturated heterocycles. The third kappa shape index (κ3) is 4.71. The van der Waals surface area contributed by atoms with E-state index < -0.39 is 24.2 Å². The van der Waals surface area contributed by atoms with Gasteiger partial charge in [0.2, 0.25) is 11.8 Å². The van der Waals surface area contributed by atoms with Crippen LogP contribution in [0.5, 0.6) is 11.5 Å². The van der Waals surface area contributed by atoms with E-state index in [4.69, 9.17) is 9.47 Å². The van der Waals surface area contributed by atoms with E-state index in [9.17, 15) is 24.6 Å². The van der Waals surface area contributed by atoms with Crippen LogP contribution in [0.2, 0.25) is 0 Å². The molecule has 7 atom stereocenters. The van der Waals surface area contributed by atoms with Gasteiger partial charge in [0.05, 0.1) is 25.7 Å². The Kier molecular flexibility index (Phi) is 7.61. The molecule has 0 aromatic heterocycles. The van der Waals surface area contributed by atoms with Crippen LogP contribution in [0.3, 0.4) is 0 Å². The largest absolute Gasteiger partial charge is 0.493 e. The zero-order chi connectivity index (χ0) is 28.0. The second-order valence-corrected chi connectivity index (χ2v) is 12.3. The number of aliphatic hydroxyl groups is 2. The number of aldehydes is 1. The number of ether oxygens (including phenoxy) is 2. The van der Waals surface area contributed by atoms with Crippen LogP contribution in [0.15, 0.2) is 23.8 Å². The number of hydrogen-bond donors (Lipinski definition) is 3. The van der Waals surface area contributed by atoms with Gasteiger partial charge in [0.25, 0.3) is 0 Å². The molecule has 1 aromatic rings. The van der Waals surface area contributed by atoms with E-state index in [-0.39, 0.29) is 31.0 Å². The summed E-state index contributed by atoms with van der Waals surface area (Å²) in [4.78, 5) is 41.2. The van der Waals surface area contributed by atoms with Gasteiger partial charge in [0.1, 0.15) is 18.5 Å². The molecule has 4 aliphatic carbocycles. The molecule has 9 nitrogen and oxygen atoms in total. The second kappa shape index (κ2) is 11.2. The Balaban J connectivity index is 1.38. The molecule has 6 rings (SSSR count). The number of fused-ring (bicyclic) bond motifs is 5. The molecule has 40 heavy (non-hydrogen) atoms. The van der Waals surface area contributed by atoms with Gasteiger partial charge in [0, 0.05) is 35.7 Å². The fraction of sp³-hybridized carbons (Fsp3) is 0.645. The van der Waals surface area contributed by atoms with Crippen LogP contribution in [0.4, 0.5) is 0 Å². The highest BCUT2D eigenvalue weighted by Gasteiger charge is 2.53. The Morgan fingerprint density at radius 1 is 1.18 bits per heavy atom. The van der Waals surface area contributed by atoms with Gasteiger partial charge >= 0.3 is 0 Å². The molecule has 1 aromatic carbocycles. The maximum Gasteiger partial charge on any atom is 0.247 e. The molecule has 0 radical (unpaired) electrons. The summed E-state index contributed by atoms with van der Waals surface area (Å²) in [5.74, 6) is 1.49. The number of carbonyl (C=O) groups is 3. The van der Waals surface area contributed by atoms with Crippen LogP contribution in [-0.2, 0) is 9.59 Å². The van der Waals surface area contributed by atoms with Crippen molar-refractivity contribution in [2.24, 2.45) is 17.8 Å². The van der Waals surface area contributed by atoms with Crippen molar-refractivity contribution in [2.45, 2.75) is 88.0 Å². The Labute approximate surface area is 234 Å². The lowest BCUT2D eigenvalue weighted by atomic mass is 9.76. The average Bonchev–Trinajstić information content (AvgIpc) is 3.77. The average molecular weight is 553 g/mol.